The van der Waals surface area contributed by atoms with Crippen LogP contribution >= 0.6 is 22.7 Å². The van der Waals surface area contributed by atoms with Gasteiger partial charge in [-0.15, -0.1) is 22.7 Å². The van der Waals surface area contributed by atoms with Gasteiger partial charge in [-0.25, -0.2) is 14.4 Å². The molecule has 7 heteroatoms. The average molecular weight is 410 g/mol. The highest BCUT2D eigenvalue weighted by molar-refractivity contribution is 7.14. The van der Waals surface area contributed by atoms with E-state index in [1.807, 2.05) is 48.0 Å². The van der Waals surface area contributed by atoms with E-state index in [1.165, 1.54) is 34.8 Å². The minimum absolute atomic E-state index is 0.100. The third kappa shape index (κ3) is 4.00. The van der Waals surface area contributed by atoms with Crippen molar-refractivity contribution in [1.82, 2.24) is 9.97 Å². The molecular weight excluding hydrogens is 393 g/mol. The summed E-state index contributed by atoms with van der Waals surface area (Å²) in [6, 6.07) is 15.7. The molecule has 28 heavy (non-hydrogen) atoms. The Hall–Kier alpha value is -2.90. The lowest BCUT2D eigenvalue weighted by Crippen LogP contribution is -2.27. The third-order valence-corrected chi connectivity index (χ3v) is 5.92. The normalized spacial score (nSPS) is 10.8. The van der Waals surface area contributed by atoms with Crippen LogP contribution in [0.2, 0.25) is 0 Å². The number of aromatic nitrogens is 2. The van der Waals surface area contributed by atoms with Crippen molar-refractivity contribution in [3.63, 3.8) is 0 Å². The number of anilines is 2. The number of para-hydroxylation sites is 1. The number of thiazole rings is 2. The van der Waals surface area contributed by atoms with Gasteiger partial charge in [0.25, 0.3) is 0 Å². The van der Waals surface area contributed by atoms with E-state index in [0.29, 0.717) is 10.8 Å². The van der Waals surface area contributed by atoms with Crippen LogP contribution in [0.25, 0.3) is 10.6 Å². The predicted octanol–water partition coefficient (Wildman–Crippen LogP) is 5.62. The molecule has 140 valence electrons. The van der Waals surface area contributed by atoms with E-state index in [2.05, 4.69) is 9.97 Å². The molecule has 0 radical (unpaired) electrons. The molecule has 0 saturated heterocycles. The molecule has 4 nitrogen and oxygen atoms in total. The molecular formula is C21H16FN3OS2. The predicted molar refractivity (Wildman–Crippen MR) is 112 cm³/mol. The van der Waals surface area contributed by atoms with Gasteiger partial charge >= 0.3 is 0 Å². The van der Waals surface area contributed by atoms with Gasteiger partial charge in [0.15, 0.2) is 5.13 Å². The Morgan fingerprint density at radius 2 is 1.75 bits per heavy atom. The zero-order valence-corrected chi connectivity index (χ0v) is 16.6. The molecule has 0 aliphatic carbocycles. The second kappa shape index (κ2) is 8.00. The van der Waals surface area contributed by atoms with Gasteiger partial charge in [0.05, 0.1) is 23.5 Å². The zero-order chi connectivity index (χ0) is 19.5. The van der Waals surface area contributed by atoms with Gasteiger partial charge in [-0.05, 0) is 43.3 Å². The largest absolute Gasteiger partial charge is 0.274 e. The van der Waals surface area contributed by atoms with E-state index in [1.54, 1.807) is 17.0 Å². The molecule has 0 aliphatic rings. The number of aryl methyl sites for hydroxylation is 1. The summed E-state index contributed by atoms with van der Waals surface area (Å²) in [6.07, 6.45) is 0.158. The van der Waals surface area contributed by atoms with E-state index in [9.17, 15) is 9.18 Å². The van der Waals surface area contributed by atoms with Gasteiger partial charge < -0.3 is 0 Å². The smallest absolute Gasteiger partial charge is 0.239 e. The standard InChI is InChI=1S/C21H16FN3OS2/c1-14-12-28-21(23-14)25(18-5-3-2-4-6-18)19(26)11-17-13-27-20(24-17)15-7-9-16(22)10-8-15/h2-10,12-13H,11H2,1H3. The van der Waals surface area contributed by atoms with E-state index >= 15 is 0 Å². The van der Waals surface area contributed by atoms with Crippen molar-refractivity contribution >= 4 is 39.4 Å². The highest BCUT2D eigenvalue weighted by Gasteiger charge is 2.22. The van der Waals surface area contributed by atoms with Crippen molar-refractivity contribution in [2.45, 2.75) is 13.3 Å². The maximum Gasteiger partial charge on any atom is 0.239 e. The topological polar surface area (TPSA) is 46.1 Å². The van der Waals surface area contributed by atoms with Crippen LogP contribution in [0, 0.1) is 12.7 Å². The molecule has 4 rings (SSSR count). The number of nitrogens with zero attached hydrogens (tertiary/aromatic N) is 3. The highest BCUT2D eigenvalue weighted by Crippen LogP contribution is 2.30. The Bertz CT molecular complexity index is 1090. The lowest BCUT2D eigenvalue weighted by molar-refractivity contribution is -0.117. The van der Waals surface area contributed by atoms with Crippen molar-refractivity contribution in [3.8, 4) is 10.6 Å². The Morgan fingerprint density at radius 1 is 1.00 bits per heavy atom. The number of halogens is 1. The van der Waals surface area contributed by atoms with Crippen molar-refractivity contribution in [2.75, 3.05) is 4.90 Å². The second-order valence-electron chi connectivity index (χ2n) is 6.16. The van der Waals surface area contributed by atoms with Crippen molar-refractivity contribution < 1.29 is 9.18 Å². The van der Waals surface area contributed by atoms with E-state index < -0.39 is 0 Å². The summed E-state index contributed by atoms with van der Waals surface area (Å²) in [5.74, 6) is -0.385. The van der Waals surface area contributed by atoms with Gasteiger partial charge in [-0.3, -0.25) is 9.69 Å². The van der Waals surface area contributed by atoms with Gasteiger partial charge in [0.1, 0.15) is 10.8 Å². The van der Waals surface area contributed by atoms with Crippen molar-refractivity contribution in [1.29, 1.82) is 0 Å². The molecule has 2 heterocycles. The molecule has 2 aromatic heterocycles. The first-order valence-corrected chi connectivity index (χ1v) is 10.4. The SMILES string of the molecule is Cc1csc(N(C(=O)Cc2csc(-c3ccc(F)cc3)n2)c2ccccc2)n1. The summed E-state index contributed by atoms with van der Waals surface area (Å²) in [6.45, 7) is 1.91. The molecule has 0 unspecified atom stereocenters. The summed E-state index contributed by atoms with van der Waals surface area (Å²) in [5, 5.41) is 5.20. The number of hydrogen-bond acceptors (Lipinski definition) is 5. The van der Waals surface area contributed by atoms with Crippen LogP contribution in [0.4, 0.5) is 15.2 Å². The average Bonchev–Trinajstić information content (AvgIpc) is 3.33. The number of carbonyl (C=O) groups excluding carboxylic acids is 1. The minimum atomic E-state index is -0.284. The Morgan fingerprint density at radius 3 is 2.43 bits per heavy atom. The first kappa shape index (κ1) is 18.5. The Balaban J connectivity index is 1.59. The van der Waals surface area contributed by atoms with Gasteiger partial charge in [0, 0.05) is 16.3 Å². The molecule has 0 fully saturated rings. The molecule has 0 aliphatic heterocycles. The molecule has 0 saturated carbocycles. The molecule has 2 aromatic carbocycles. The molecule has 0 N–H and O–H groups in total. The van der Waals surface area contributed by atoms with Crippen molar-refractivity contribution in [3.05, 3.63) is 82.6 Å². The number of rotatable bonds is 5. The first-order chi connectivity index (χ1) is 13.6. The van der Waals surface area contributed by atoms with Crippen LogP contribution in [0.15, 0.2) is 65.4 Å². The summed E-state index contributed by atoms with van der Waals surface area (Å²) < 4.78 is 13.1. The maximum absolute atomic E-state index is 13.1. The Labute approximate surface area is 170 Å². The summed E-state index contributed by atoms with van der Waals surface area (Å²) in [4.78, 5) is 23.8. The third-order valence-electron chi connectivity index (χ3n) is 4.04. The first-order valence-electron chi connectivity index (χ1n) is 8.60. The van der Waals surface area contributed by atoms with Crippen LogP contribution in [-0.2, 0) is 11.2 Å². The highest BCUT2D eigenvalue weighted by atomic mass is 32.1. The van der Waals surface area contributed by atoms with Crippen LogP contribution in [0.1, 0.15) is 11.4 Å². The Kier molecular flexibility index (Phi) is 5.27. The lowest BCUT2D eigenvalue weighted by Gasteiger charge is -2.19. The summed E-state index contributed by atoms with van der Waals surface area (Å²) in [7, 11) is 0. The maximum atomic E-state index is 13.1. The fraction of sp³-hybridized carbons (Fsp3) is 0.0952. The van der Waals surface area contributed by atoms with E-state index in [4.69, 9.17) is 0 Å². The van der Waals surface area contributed by atoms with E-state index in [0.717, 1.165) is 22.0 Å². The van der Waals surface area contributed by atoms with Crippen LogP contribution in [0.5, 0.6) is 0 Å². The number of benzene rings is 2. The minimum Gasteiger partial charge on any atom is -0.274 e. The molecule has 0 atom stereocenters. The fourth-order valence-electron chi connectivity index (χ4n) is 2.73. The molecule has 0 spiro atoms. The summed E-state index contributed by atoms with van der Waals surface area (Å²) in [5.41, 5.74) is 3.17. The van der Waals surface area contributed by atoms with Crippen LogP contribution < -0.4 is 4.90 Å². The van der Waals surface area contributed by atoms with Crippen LogP contribution in [-0.4, -0.2) is 15.9 Å². The van der Waals surface area contributed by atoms with Gasteiger partial charge in [-0.1, -0.05) is 18.2 Å². The number of carbonyl (C=O) groups is 1. The molecule has 1 amide bonds. The monoisotopic (exact) mass is 409 g/mol. The van der Waals surface area contributed by atoms with Crippen molar-refractivity contribution in [2.24, 2.45) is 0 Å². The van der Waals surface area contributed by atoms with E-state index in [-0.39, 0.29) is 18.1 Å². The zero-order valence-electron chi connectivity index (χ0n) is 15.0. The van der Waals surface area contributed by atoms with Gasteiger partial charge in [0.2, 0.25) is 5.91 Å². The number of hydrogen-bond donors (Lipinski definition) is 0. The van der Waals surface area contributed by atoms with Crippen LogP contribution in [0.3, 0.4) is 0 Å². The second-order valence-corrected chi connectivity index (χ2v) is 7.86. The number of amides is 1. The van der Waals surface area contributed by atoms with Gasteiger partial charge in [-0.2, -0.15) is 0 Å². The fourth-order valence-corrected chi connectivity index (χ4v) is 4.39. The molecule has 0 bridgehead atoms. The quantitative estimate of drug-likeness (QED) is 0.430. The lowest BCUT2D eigenvalue weighted by atomic mass is 10.2. The summed E-state index contributed by atoms with van der Waals surface area (Å²) >= 11 is 2.88. The molecule has 4 aromatic rings.